The molecule has 4 nitrogen and oxygen atoms in total. The fraction of sp³-hybridized carbons (Fsp3) is 0.333. The summed E-state index contributed by atoms with van der Waals surface area (Å²) in [6.45, 7) is 1.99. The predicted molar refractivity (Wildman–Crippen MR) is 63.0 cm³/mol. The lowest BCUT2D eigenvalue weighted by atomic mass is 10.4. The van der Waals surface area contributed by atoms with E-state index in [0.29, 0.717) is 0 Å². The summed E-state index contributed by atoms with van der Waals surface area (Å²) in [5.74, 6) is 0. The van der Waals surface area contributed by atoms with E-state index in [-0.39, 0.29) is 17.5 Å². The summed E-state index contributed by atoms with van der Waals surface area (Å²) in [4.78, 5) is 0.242. The second-order valence-corrected chi connectivity index (χ2v) is 5.84. The van der Waals surface area contributed by atoms with E-state index in [4.69, 9.17) is 5.73 Å². The van der Waals surface area contributed by atoms with Gasteiger partial charge in [-0.05, 0) is 31.2 Å². The summed E-state index contributed by atoms with van der Waals surface area (Å²) in [7, 11) is -3.44. The maximum absolute atomic E-state index is 11.7. The van der Waals surface area contributed by atoms with E-state index in [1.54, 1.807) is 19.1 Å². The number of hydrogen-bond donors (Lipinski definition) is 2. The Balaban J connectivity index is 2.91. The Kier molecular flexibility index (Phi) is 4.27. The number of nitrogens with two attached hydrogens (primary N) is 1. The number of halogens is 1. The maximum Gasteiger partial charge on any atom is 0.240 e. The average Bonchev–Trinajstić information content (AvgIpc) is 2.17. The van der Waals surface area contributed by atoms with Crippen LogP contribution >= 0.6 is 15.9 Å². The number of benzene rings is 1. The molecule has 3 N–H and O–H groups in total. The molecule has 0 spiro atoms. The molecule has 0 bridgehead atoms. The summed E-state index contributed by atoms with van der Waals surface area (Å²) in [5.41, 5.74) is 5.35. The van der Waals surface area contributed by atoms with Crippen LogP contribution in [-0.4, -0.2) is 21.0 Å². The van der Waals surface area contributed by atoms with Gasteiger partial charge in [0.2, 0.25) is 10.0 Å². The minimum absolute atomic E-state index is 0.242. The van der Waals surface area contributed by atoms with Gasteiger partial charge in [-0.15, -0.1) is 0 Å². The van der Waals surface area contributed by atoms with Crippen LogP contribution < -0.4 is 10.5 Å². The first-order chi connectivity index (χ1) is 6.95. The molecule has 6 heteroatoms. The van der Waals surface area contributed by atoms with Gasteiger partial charge >= 0.3 is 0 Å². The molecule has 0 saturated carbocycles. The number of sulfonamides is 1. The van der Waals surface area contributed by atoms with E-state index >= 15 is 0 Å². The van der Waals surface area contributed by atoms with Crippen LogP contribution in [0.25, 0.3) is 0 Å². The van der Waals surface area contributed by atoms with Crippen LogP contribution in [0.15, 0.2) is 33.6 Å². The Morgan fingerprint density at radius 1 is 1.40 bits per heavy atom. The van der Waals surface area contributed by atoms with Crippen molar-refractivity contribution in [2.45, 2.75) is 17.9 Å². The number of nitrogens with one attached hydrogen (secondary N) is 1. The zero-order chi connectivity index (χ0) is 11.5. The molecule has 0 aromatic heterocycles. The molecule has 0 aliphatic rings. The van der Waals surface area contributed by atoms with E-state index < -0.39 is 10.0 Å². The van der Waals surface area contributed by atoms with Crippen LogP contribution in [0, 0.1) is 0 Å². The lowest BCUT2D eigenvalue weighted by molar-refractivity contribution is 0.562. The fourth-order valence-corrected chi connectivity index (χ4v) is 2.52. The van der Waals surface area contributed by atoms with Crippen molar-refractivity contribution in [3.05, 3.63) is 28.7 Å². The molecular formula is C9H13BrN2O2S. The van der Waals surface area contributed by atoms with Gasteiger partial charge in [-0.25, -0.2) is 13.1 Å². The van der Waals surface area contributed by atoms with E-state index in [1.165, 1.54) is 12.1 Å². The first-order valence-corrected chi connectivity index (χ1v) is 6.71. The summed E-state index contributed by atoms with van der Waals surface area (Å²) in [5, 5.41) is 0. The molecule has 1 aromatic carbocycles. The highest BCUT2D eigenvalue weighted by Gasteiger charge is 2.15. The molecule has 0 aliphatic carbocycles. The van der Waals surface area contributed by atoms with Crippen LogP contribution in [-0.2, 0) is 10.0 Å². The van der Waals surface area contributed by atoms with Crippen molar-refractivity contribution in [2.24, 2.45) is 5.73 Å². The molecule has 1 aromatic rings. The highest BCUT2D eigenvalue weighted by Crippen LogP contribution is 2.14. The van der Waals surface area contributed by atoms with E-state index in [1.807, 2.05) is 0 Å². The molecule has 0 amide bonds. The first-order valence-electron chi connectivity index (χ1n) is 4.43. The summed E-state index contributed by atoms with van der Waals surface area (Å²) in [6, 6.07) is 6.17. The normalized spacial score (nSPS) is 13.8. The number of rotatable bonds is 4. The van der Waals surface area contributed by atoms with Crippen molar-refractivity contribution >= 4 is 26.0 Å². The molecule has 0 fully saturated rings. The van der Waals surface area contributed by atoms with Crippen LogP contribution in [0.2, 0.25) is 0 Å². The lowest BCUT2D eigenvalue weighted by Gasteiger charge is -2.11. The fourth-order valence-electron chi connectivity index (χ4n) is 0.995. The van der Waals surface area contributed by atoms with Crippen molar-refractivity contribution in [2.75, 3.05) is 6.54 Å². The molecule has 0 aliphatic heterocycles. The summed E-state index contributed by atoms with van der Waals surface area (Å²) < 4.78 is 26.8. The summed E-state index contributed by atoms with van der Waals surface area (Å²) >= 11 is 3.24. The third-order valence-electron chi connectivity index (χ3n) is 1.83. The topological polar surface area (TPSA) is 72.2 Å². The second kappa shape index (κ2) is 5.07. The molecule has 84 valence electrons. The lowest BCUT2D eigenvalue weighted by Crippen LogP contribution is -2.37. The Labute approximate surface area is 98.0 Å². The minimum Gasteiger partial charge on any atom is -0.329 e. The predicted octanol–water partition coefficient (Wildman–Crippen LogP) is 1.07. The van der Waals surface area contributed by atoms with E-state index in [9.17, 15) is 8.42 Å². The van der Waals surface area contributed by atoms with Crippen molar-refractivity contribution in [1.29, 1.82) is 0 Å². The third kappa shape index (κ3) is 3.57. The van der Waals surface area contributed by atoms with Crippen LogP contribution in [0.5, 0.6) is 0 Å². The van der Waals surface area contributed by atoms with Gasteiger partial charge in [0.15, 0.2) is 0 Å². The van der Waals surface area contributed by atoms with Crippen molar-refractivity contribution in [3.63, 3.8) is 0 Å². The minimum atomic E-state index is -3.44. The zero-order valence-corrected chi connectivity index (χ0v) is 10.7. The number of hydrogen-bond acceptors (Lipinski definition) is 3. The third-order valence-corrected chi connectivity index (χ3v) is 3.97. The summed E-state index contributed by atoms with van der Waals surface area (Å²) in [6.07, 6.45) is 0. The van der Waals surface area contributed by atoms with Gasteiger partial charge in [-0.1, -0.05) is 15.9 Å². The molecule has 1 unspecified atom stereocenters. The van der Waals surface area contributed by atoms with Crippen LogP contribution in [0.1, 0.15) is 6.92 Å². The van der Waals surface area contributed by atoms with Gasteiger partial charge in [0.25, 0.3) is 0 Å². The largest absolute Gasteiger partial charge is 0.329 e. The highest BCUT2D eigenvalue weighted by atomic mass is 79.9. The van der Waals surface area contributed by atoms with E-state index in [2.05, 4.69) is 20.7 Å². The van der Waals surface area contributed by atoms with Gasteiger partial charge in [-0.3, -0.25) is 0 Å². The smallest absolute Gasteiger partial charge is 0.240 e. The molecule has 1 atom stereocenters. The van der Waals surface area contributed by atoms with Crippen molar-refractivity contribution in [3.8, 4) is 0 Å². The Bertz CT molecular complexity index is 416. The maximum atomic E-state index is 11.7. The van der Waals surface area contributed by atoms with Crippen LogP contribution in [0.3, 0.4) is 0 Å². The van der Waals surface area contributed by atoms with Crippen LogP contribution in [0.4, 0.5) is 0 Å². The molecule has 15 heavy (non-hydrogen) atoms. The van der Waals surface area contributed by atoms with Crippen molar-refractivity contribution < 1.29 is 8.42 Å². The molecular weight excluding hydrogens is 280 g/mol. The SMILES string of the molecule is CC(CN)NS(=O)(=O)c1ccc(Br)cc1. The molecule has 0 radical (unpaired) electrons. The highest BCUT2D eigenvalue weighted by molar-refractivity contribution is 9.10. The Morgan fingerprint density at radius 2 is 1.93 bits per heavy atom. The van der Waals surface area contributed by atoms with Gasteiger partial charge in [0.05, 0.1) is 4.90 Å². The van der Waals surface area contributed by atoms with Gasteiger partial charge in [0, 0.05) is 17.1 Å². The molecule has 1 rings (SSSR count). The van der Waals surface area contributed by atoms with E-state index in [0.717, 1.165) is 4.47 Å². The Hall–Kier alpha value is -0.430. The standard InChI is InChI=1S/C9H13BrN2O2S/c1-7(6-11)12-15(13,14)9-4-2-8(10)3-5-9/h2-5,7,12H,6,11H2,1H3. The van der Waals surface area contributed by atoms with Gasteiger partial charge < -0.3 is 5.73 Å². The monoisotopic (exact) mass is 292 g/mol. The zero-order valence-electron chi connectivity index (χ0n) is 8.27. The Morgan fingerprint density at radius 3 is 2.40 bits per heavy atom. The van der Waals surface area contributed by atoms with Gasteiger partial charge in [0.1, 0.15) is 0 Å². The second-order valence-electron chi connectivity index (χ2n) is 3.21. The quantitative estimate of drug-likeness (QED) is 0.872. The van der Waals surface area contributed by atoms with Gasteiger partial charge in [-0.2, -0.15) is 0 Å². The first kappa shape index (κ1) is 12.6. The average molecular weight is 293 g/mol. The molecule has 0 saturated heterocycles. The van der Waals surface area contributed by atoms with Crippen molar-refractivity contribution in [1.82, 2.24) is 4.72 Å². The molecule has 0 heterocycles.